The van der Waals surface area contributed by atoms with E-state index in [-0.39, 0.29) is 12.5 Å². The minimum atomic E-state index is -0.568. The number of anilines is 2. The van der Waals surface area contributed by atoms with E-state index in [1.165, 1.54) is 4.90 Å². The van der Waals surface area contributed by atoms with Crippen LogP contribution in [-0.4, -0.2) is 24.4 Å². The van der Waals surface area contributed by atoms with Crippen molar-refractivity contribution in [1.82, 2.24) is 0 Å². The Bertz CT molecular complexity index is 1210. The molecule has 0 unspecified atom stereocenters. The summed E-state index contributed by atoms with van der Waals surface area (Å²) in [7, 11) is 0. The first kappa shape index (κ1) is 20.9. The summed E-state index contributed by atoms with van der Waals surface area (Å²) >= 11 is 0. The van der Waals surface area contributed by atoms with Crippen LogP contribution in [0, 0.1) is 0 Å². The van der Waals surface area contributed by atoms with Crippen LogP contribution in [0.4, 0.5) is 16.2 Å². The number of nitrogens with two attached hydrogens (primary N) is 2. The summed E-state index contributed by atoms with van der Waals surface area (Å²) in [4.78, 5) is 37.3. The highest BCUT2D eigenvalue weighted by molar-refractivity contribution is 6.04. The van der Waals surface area contributed by atoms with Gasteiger partial charge in [0.15, 0.2) is 0 Å². The summed E-state index contributed by atoms with van der Waals surface area (Å²) in [5.41, 5.74) is 14.7. The van der Waals surface area contributed by atoms with Crippen molar-refractivity contribution in [1.29, 1.82) is 0 Å². The van der Waals surface area contributed by atoms with Crippen LogP contribution in [0.2, 0.25) is 0 Å². The van der Waals surface area contributed by atoms with Gasteiger partial charge in [0.2, 0.25) is 0 Å². The van der Waals surface area contributed by atoms with Crippen molar-refractivity contribution in [3.8, 4) is 5.75 Å². The molecular weight excluding hydrogens is 408 g/mol. The Balaban J connectivity index is 1.44. The standard InChI is InChI=1S/C24H22N4O4/c25-22(29)19-6-1-2-7-21(19)32-14-15-4-3-5-17(12-15)23(30)27-18-8-9-20-16(13-18)10-11-28(20)24(26)31/h1-9,12-13H,10-11,14H2,(H2,25,29)(H2,26,31)(H,27,30). The van der Waals surface area contributed by atoms with Crippen LogP contribution in [-0.2, 0) is 13.0 Å². The van der Waals surface area contributed by atoms with Crippen molar-refractivity contribution in [2.45, 2.75) is 13.0 Å². The normalized spacial score (nSPS) is 12.2. The second-order valence-electron chi connectivity index (χ2n) is 7.39. The lowest BCUT2D eigenvalue weighted by Gasteiger charge is -2.14. The van der Waals surface area contributed by atoms with Crippen LogP contribution >= 0.6 is 0 Å². The summed E-state index contributed by atoms with van der Waals surface area (Å²) in [6, 6.07) is 18.6. The van der Waals surface area contributed by atoms with Crippen molar-refractivity contribution in [2.75, 3.05) is 16.8 Å². The first-order valence-electron chi connectivity index (χ1n) is 10.0. The topological polar surface area (TPSA) is 128 Å². The van der Waals surface area contributed by atoms with Gasteiger partial charge in [0.05, 0.1) is 5.56 Å². The Morgan fingerprint density at radius 3 is 2.56 bits per heavy atom. The van der Waals surface area contributed by atoms with Gasteiger partial charge in [0, 0.05) is 23.5 Å². The van der Waals surface area contributed by atoms with Crippen LogP contribution in [0.5, 0.6) is 5.75 Å². The lowest BCUT2D eigenvalue weighted by atomic mass is 10.1. The molecule has 4 amide bonds. The number of urea groups is 1. The molecule has 3 aromatic carbocycles. The fourth-order valence-corrected chi connectivity index (χ4v) is 3.67. The molecule has 5 N–H and O–H groups in total. The van der Waals surface area contributed by atoms with Gasteiger partial charge in [-0.05, 0) is 60.0 Å². The molecule has 8 heteroatoms. The predicted octanol–water partition coefficient (Wildman–Crippen LogP) is 3.06. The highest BCUT2D eigenvalue weighted by Gasteiger charge is 2.23. The highest BCUT2D eigenvalue weighted by Crippen LogP contribution is 2.30. The van der Waals surface area contributed by atoms with Gasteiger partial charge < -0.3 is 21.5 Å². The third-order valence-corrected chi connectivity index (χ3v) is 5.23. The molecule has 1 aliphatic rings. The third kappa shape index (κ3) is 4.39. The number of primary amides is 2. The Labute approximate surface area is 184 Å². The largest absolute Gasteiger partial charge is 0.488 e. The molecular formula is C24H22N4O4. The Hall–Kier alpha value is -4.33. The Morgan fingerprint density at radius 2 is 1.78 bits per heavy atom. The van der Waals surface area contributed by atoms with Crippen molar-refractivity contribution < 1.29 is 19.1 Å². The number of rotatable bonds is 6. The highest BCUT2D eigenvalue weighted by atomic mass is 16.5. The van der Waals surface area contributed by atoms with E-state index >= 15 is 0 Å². The molecule has 0 atom stereocenters. The maximum Gasteiger partial charge on any atom is 0.319 e. The van der Waals surface area contributed by atoms with Crippen molar-refractivity contribution >= 4 is 29.2 Å². The zero-order valence-electron chi connectivity index (χ0n) is 17.2. The van der Waals surface area contributed by atoms with Crippen molar-refractivity contribution in [3.05, 3.63) is 89.0 Å². The maximum atomic E-state index is 12.8. The fraction of sp³-hybridized carbons (Fsp3) is 0.125. The monoisotopic (exact) mass is 430 g/mol. The first-order chi connectivity index (χ1) is 15.4. The summed E-state index contributed by atoms with van der Waals surface area (Å²) in [5, 5.41) is 2.88. The van der Waals surface area contributed by atoms with E-state index in [1.54, 1.807) is 54.6 Å². The van der Waals surface area contributed by atoms with Crippen LogP contribution in [0.15, 0.2) is 66.7 Å². The second kappa shape index (κ2) is 8.81. The van der Waals surface area contributed by atoms with Crippen molar-refractivity contribution in [3.63, 3.8) is 0 Å². The fourth-order valence-electron chi connectivity index (χ4n) is 3.67. The number of nitrogens with zero attached hydrogens (tertiary/aromatic N) is 1. The van der Waals surface area contributed by atoms with Gasteiger partial charge in [-0.3, -0.25) is 14.5 Å². The number of benzene rings is 3. The van der Waals surface area contributed by atoms with Crippen molar-refractivity contribution in [2.24, 2.45) is 11.5 Å². The summed E-state index contributed by atoms with van der Waals surface area (Å²) in [5.74, 6) is -0.450. The first-order valence-corrected chi connectivity index (χ1v) is 10.0. The molecule has 0 aromatic heterocycles. The molecule has 0 saturated carbocycles. The SMILES string of the molecule is NC(=O)c1ccccc1OCc1cccc(C(=O)Nc2ccc3c(c2)CCN3C(N)=O)c1. The van der Waals surface area contributed by atoms with Gasteiger partial charge in [0.25, 0.3) is 11.8 Å². The summed E-state index contributed by atoms with van der Waals surface area (Å²) < 4.78 is 5.74. The van der Waals surface area contributed by atoms with E-state index in [9.17, 15) is 14.4 Å². The number of hydrogen-bond donors (Lipinski definition) is 3. The number of carbonyl (C=O) groups excluding carboxylic acids is 3. The lowest BCUT2D eigenvalue weighted by molar-refractivity contribution is 0.0994. The van der Waals surface area contributed by atoms with E-state index in [4.69, 9.17) is 16.2 Å². The van der Waals surface area contributed by atoms with Crippen LogP contribution in [0.1, 0.15) is 31.8 Å². The molecule has 0 radical (unpaired) electrons. The molecule has 8 nitrogen and oxygen atoms in total. The molecule has 1 aliphatic heterocycles. The number of carbonyl (C=O) groups is 3. The van der Waals surface area contributed by atoms with E-state index in [2.05, 4.69) is 5.32 Å². The van der Waals surface area contributed by atoms with E-state index < -0.39 is 11.9 Å². The Morgan fingerprint density at radius 1 is 0.969 bits per heavy atom. The molecule has 1 heterocycles. The van der Waals surface area contributed by atoms with E-state index in [1.807, 2.05) is 12.1 Å². The number of fused-ring (bicyclic) bond motifs is 1. The van der Waals surface area contributed by atoms with Gasteiger partial charge >= 0.3 is 6.03 Å². The molecule has 32 heavy (non-hydrogen) atoms. The number of nitrogens with one attached hydrogen (secondary N) is 1. The van der Waals surface area contributed by atoms with E-state index in [0.29, 0.717) is 35.5 Å². The molecule has 0 bridgehead atoms. The smallest absolute Gasteiger partial charge is 0.319 e. The zero-order valence-corrected chi connectivity index (χ0v) is 17.2. The molecule has 0 fully saturated rings. The quantitative estimate of drug-likeness (QED) is 0.555. The van der Waals surface area contributed by atoms with E-state index in [0.717, 1.165) is 16.8 Å². The van der Waals surface area contributed by atoms with Crippen LogP contribution in [0.3, 0.4) is 0 Å². The number of amides is 4. The zero-order chi connectivity index (χ0) is 22.7. The van der Waals surface area contributed by atoms with Gasteiger partial charge in [-0.2, -0.15) is 0 Å². The molecule has 0 saturated heterocycles. The molecule has 4 rings (SSSR count). The van der Waals surface area contributed by atoms with Gasteiger partial charge in [0.1, 0.15) is 12.4 Å². The third-order valence-electron chi connectivity index (χ3n) is 5.23. The minimum Gasteiger partial charge on any atom is -0.488 e. The predicted molar refractivity (Wildman–Crippen MR) is 121 cm³/mol. The average Bonchev–Trinajstić information content (AvgIpc) is 3.21. The minimum absolute atomic E-state index is 0.174. The average molecular weight is 430 g/mol. The molecule has 0 aliphatic carbocycles. The number of ether oxygens (including phenoxy) is 1. The summed E-state index contributed by atoms with van der Waals surface area (Å²) in [6.07, 6.45) is 0.682. The lowest BCUT2D eigenvalue weighted by Crippen LogP contribution is -2.33. The molecule has 3 aromatic rings. The molecule has 162 valence electrons. The maximum absolute atomic E-state index is 12.8. The van der Waals surface area contributed by atoms with Gasteiger partial charge in [-0.15, -0.1) is 0 Å². The number of para-hydroxylation sites is 1. The summed E-state index contributed by atoms with van der Waals surface area (Å²) in [6.45, 7) is 0.705. The Kier molecular flexibility index (Phi) is 5.76. The molecule has 0 spiro atoms. The van der Waals surface area contributed by atoms with Crippen LogP contribution in [0.25, 0.3) is 0 Å². The number of hydrogen-bond acceptors (Lipinski definition) is 4. The van der Waals surface area contributed by atoms with Gasteiger partial charge in [-0.25, -0.2) is 4.79 Å². The second-order valence-corrected chi connectivity index (χ2v) is 7.39. The van der Waals surface area contributed by atoms with Gasteiger partial charge in [-0.1, -0.05) is 24.3 Å². The van der Waals surface area contributed by atoms with Crippen LogP contribution < -0.4 is 26.4 Å².